The third-order valence-corrected chi connectivity index (χ3v) is 4.06. The lowest BCUT2D eigenvalue weighted by Crippen LogP contribution is -1.96. The minimum atomic E-state index is 0.440. The number of benzene rings is 2. The first-order chi connectivity index (χ1) is 10.3. The van der Waals surface area contributed by atoms with E-state index < -0.39 is 0 Å². The topological polar surface area (TPSA) is 4.93 Å². The number of allylic oxidation sites excluding steroid dienone is 6. The molecule has 1 aliphatic carbocycles. The predicted molar refractivity (Wildman–Crippen MR) is 91.2 cm³/mol. The van der Waals surface area contributed by atoms with Crippen LogP contribution in [0.2, 0.25) is 0 Å². The van der Waals surface area contributed by atoms with Gasteiger partial charge in [0.15, 0.2) is 0 Å². The summed E-state index contributed by atoms with van der Waals surface area (Å²) in [6.07, 6.45) is 11.0. The predicted octanol–water partition coefficient (Wildman–Crippen LogP) is 5.40. The summed E-state index contributed by atoms with van der Waals surface area (Å²) in [5.41, 5.74) is 3.78. The van der Waals surface area contributed by atoms with Crippen LogP contribution in [0.4, 0.5) is 0 Å². The SMILES string of the molecule is CC1C=CC=CC(n2c3ccccc3c3ccccc32)=C1. The summed E-state index contributed by atoms with van der Waals surface area (Å²) in [6, 6.07) is 17.3. The molecule has 0 amide bonds. The molecule has 0 saturated heterocycles. The smallest absolute Gasteiger partial charge is 0.0540 e. The molecular weight excluding hydrogens is 254 g/mol. The van der Waals surface area contributed by atoms with Gasteiger partial charge in [-0.1, -0.05) is 67.6 Å². The van der Waals surface area contributed by atoms with E-state index in [9.17, 15) is 0 Å². The van der Waals surface area contributed by atoms with E-state index in [4.69, 9.17) is 0 Å². The van der Waals surface area contributed by atoms with Crippen LogP contribution in [0.3, 0.4) is 0 Å². The van der Waals surface area contributed by atoms with Crippen molar-refractivity contribution in [3.8, 4) is 0 Å². The molecule has 0 N–H and O–H groups in total. The average Bonchev–Trinajstić information content (AvgIpc) is 2.70. The summed E-state index contributed by atoms with van der Waals surface area (Å²) in [6.45, 7) is 2.22. The van der Waals surface area contributed by atoms with Crippen LogP contribution in [0.5, 0.6) is 0 Å². The Labute approximate surface area is 124 Å². The molecule has 1 heterocycles. The van der Waals surface area contributed by atoms with Gasteiger partial charge in [-0.2, -0.15) is 0 Å². The number of aromatic nitrogens is 1. The van der Waals surface area contributed by atoms with Crippen molar-refractivity contribution in [3.05, 3.63) is 78.9 Å². The third-order valence-electron chi connectivity index (χ3n) is 4.06. The second-order valence-electron chi connectivity index (χ2n) is 5.56. The Morgan fingerprint density at radius 1 is 0.810 bits per heavy atom. The maximum absolute atomic E-state index is 2.37. The molecule has 2 aromatic carbocycles. The monoisotopic (exact) mass is 271 g/mol. The Kier molecular flexibility index (Phi) is 2.78. The largest absolute Gasteiger partial charge is 0.310 e. The zero-order valence-electron chi connectivity index (χ0n) is 12.0. The van der Waals surface area contributed by atoms with Crippen molar-refractivity contribution >= 4 is 27.5 Å². The second-order valence-corrected chi connectivity index (χ2v) is 5.56. The van der Waals surface area contributed by atoms with Gasteiger partial charge < -0.3 is 4.57 Å². The Balaban J connectivity index is 2.11. The molecule has 0 fully saturated rings. The molecule has 0 radical (unpaired) electrons. The van der Waals surface area contributed by atoms with Gasteiger partial charge in [-0.05, 0) is 24.1 Å². The van der Waals surface area contributed by atoms with Gasteiger partial charge in [0.05, 0.1) is 11.0 Å². The van der Waals surface area contributed by atoms with Gasteiger partial charge >= 0.3 is 0 Å². The Morgan fingerprint density at radius 3 is 2.10 bits per heavy atom. The molecule has 4 rings (SSSR count). The van der Waals surface area contributed by atoms with Gasteiger partial charge in [-0.3, -0.25) is 0 Å². The molecular formula is C20H17N. The highest BCUT2D eigenvalue weighted by Crippen LogP contribution is 2.32. The molecule has 1 aliphatic rings. The average molecular weight is 271 g/mol. The fraction of sp³-hybridized carbons (Fsp3) is 0.100. The van der Waals surface area contributed by atoms with Gasteiger partial charge in [0.25, 0.3) is 0 Å². The van der Waals surface area contributed by atoms with E-state index in [1.807, 2.05) is 0 Å². The van der Waals surface area contributed by atoms with Crippen LogP contribution in [0.15, 0.2) is 78.9 Å². The second kappa shape index (κ2) is 4.78. The first-order valence-electron chi connectivity index (χ1n) is 7.40. The van der Waals surface area contributed by atoms with E-state index in [-0.39, 0.29) is 0 Å². The molecule has 3 aromatic rings. The van der Waals surface area contributed by atoms with Crippen molar-refractivity contribution in [1.29, 1.82) is 0 Å². The quantitative estimate of drug-likeness (QED) is 0.558. The summed E-state index contributed by atoms with van der Waals surface area (Å²) >= 11 is 0. The van der Waals surface area contributed by atoms with Crippen molar-refractivity contribution < 1.29 is 0 Å². The Hall–Kier alpha value is -2.54. The number of hydrogen-bond donors (Lipinski definition) is 0. The first-order valence-corrected chi connectivity index (χ1v) is 7.40. The van der Waals surface area contributed by atoms with E-state index >= 15 is 0 Å². The summed E-state index contributed by atoms with van der Waals surface area (Å²) in [7, 11) is 0. The van der Waals surface area contributed by atoms with Crippen molar-refractivity contribution in [2.75, 3.05) is 0 Å². The molecule has 0 saturated carbocycles. The molecule has 1 aromatic heterocycles. The number of nitrogens with zero attached hydrogens (tertiary/aromatic N) is 1. The zero-order chi connectivity index (χ0) is 14.2. The standard InChI is InChI=1S/C20H17N/c1-15-8-2-3-9-16(14-15)21-19-12-6-4-10-17(19)18-11-5-7-13-20(18)21/h2-15H,1H3. The normalized spacial score (nSPS) is 18.1. The van der Waals surface area contributed by atoms with Crippen LogP contribution >= 0.6 is 0 Å². The van der Waals surface area contributed by atoms with E-state index in [2.05, 4.69) is 90.4 Å². The highest BCUT2D eigenvalue weighted by Gasteiger charge is 2.12. The molecule has 21 heavy (non-hydrogen) atoms. The van der Waals surface area contributed by atoms with E-state index in [1.165, 1.54) is 27.5 Å². The van der Waals surface area contributed by atoms with Crippen LogP contribution in [0, 0.1) is 5.92 Å². The van der Waals surface area contributed by atoms with Crippen molar-refractivity contribution in [1.82, 2.24) is 4.57 Å². The third kappa shape index (κ3) is 1.93. The van der Waals surface area contributed by atoms with Crippen LogP contribution in [-0.4, -0.2) is 4.57 Å². The molecule has 1 heteroatoms. The van der Waals surface area contributed by atoms with Gasteiger partial charge in [-0.15, -0.1) is 0 Å². The molecule has 1 nitrogen and oxygen atoms in total. The summed E-state index contributed by atoms with van der Waals surface area (Å²) in [5, 5.41) is 2.62. The fourth-order valence-electron chi connectivity index (χ4n) is 3.12. The zero-order valence-corrected chi connectivity index (χ0v) is 12.0. The van der Waals surface area contributed by atoms with E-state index in [0.29, 0.717) is 5.92 Å². The maximum atomic E-state index is 2.37. The van der Waals surface area contributed by atoms with Crippen LogP contribution in [0.25, 0.3) is 27.5 Å². The number of fused-ring (bicyclic) bond motifs is 3. The lowest BCUT2D eigenvalue weighted by atomic mass is 10.1. The van der Waals surface area contributed by atoms with Gasteiger partial charge in [-0.25, -0.2) is 0 Å². The molecule has 0 spiro atoms. The maximum Gasteiger partial charge on any atom is 0.0540 e. The number of hydrogen-bond acceptors (Lipinski definition) is 0. The summed E-state index contributed by atoms with van der Waals surface area (Å²) in [4.78, 5) is 0. The van der Waals surface area contributed by atoms with Gasteiger partial charge in [0.2, 0.25) is 0 Å². The van der Waals surface area contributed by atoms with Crippen molar-refractivity contribution in [3.63, 3.8) is 0 Å². The highest BCUT2D eigenvalue weighted by atomic mass is 15.0. The van der Waals surface area contributed by atoms with Crippen molar-refractivity contribution in [2.45, 2.75) is 6.92 Å². The molecule has 102 valence electrons. The first kappa shape index (κ1) is 12.2. The molecule has 0 bridgehead atoms. The van der Waals surface area contributed by atoms with E-state index in [0.717, 1.165) is 0 Å². The molecule has 0 aliphatic heterocycles. The highest BCUT2D eigenvalue weighted by molar-refractivity contribution is 6.10. The van der Waals surface area contributed by atoms with E-state index in [1.54, 1.807) is 0 Å². The van der Waals surface area contributed by atoms with Crippen LogP contribution in [-0.2, 0) is 0 Å². The molecule has 1 unspecified atom stereocenters. The fourth-order valence-corrected chi connectivity index (χ4v) is 3.12. The van der Waals surface area contributed by atoms with Gasteiger partial charge in [0, 0.05) is 16.5 Å². The summed E-state index contributed by atoms with van der Waals surface area (Å²) < 4.78 is 2.37. The minimum Gasteiger partial charge on any atom is -0.310 e. The summed E-state index contributed by atoms with van der Waals surface area (Å²) in [5.74, 6) is 0.440. The van der Waals surface area contributed by atoms with Crippen LogP contribution in [0.1, 0.15) is 6.92 Å². The van der Waals surface area contributed by atoms with Crippen LogP contribution < -0.4 is 0 Å². The van der Waals surface area contributed by atoms with Gasteiger partial charge in [0.1, 0.15) is 0 Å². The minimum absolute atomic E-state index is 0.440. The number of para-hydroxylation sites is 2. The lowest BCUT2D eigenvalue weighted by molar-refractivity contribution is 0.937. The number of rotatable bonds is 1. The lowest BCUT2D eigenvalue weighted by Gasteiger charge is -2.09. The Morgan fingerprint density at radius 2 is 1.43 bits per heavy atom. The molecule has 1 atom stereocenters. The van der Waals surface area contributed by atoms with Crippen molar-refractivity contribution in [2.24, 2.45) is 5.92 Å². The Bertz CT molecular complexity index is 853.